The number of rotatable bonds is 27. The fourth-order valence-corrected chi connectivity index (χ4v) is 14.6. The number of aromatic nitrogens is 1. The molecule has 30 heteroatoms. The minimum atomic E-state index is -4.61. The molecule has 24 nitrogen and oxygen atoms in total. The van der Waals surface area contributed by atoms with Crippen LogP contribution >= 0.6 is 0 Å². The Morgan fingerprint density at radius 3 is 2.15 bits per heavy atom. The zero-order valence-electron chi connectivity index (χ0n) is 53.0. The van der Waals surface area contributed by atoms with Gasteiger partial charge >= 0.3 is 0 Å². The fraction of sp³-hybridized carbons (Fsp3) is 0.394. The number of carbonyl (C=O) groups excluding carboxylic acids is 3. The number of likely N-dealkylation sites (tertiary alicyclic amines) is 1. The molecule has 1 saturated heterocycles. The second-order valence-corrected chi connectivity index (χ2v) is 30.7. The molecular weight excluding hydrogens is 1330 g/mol. The van der Waals surface area contributed by atoms with Gasteiger partial charge in [0, 0.05) is 78.4 Å². The maximum Gasteiger partial charge on any atom is 0.294 e. The van der Waals surface area contributed by atoms with Gasteiger partial charge in [0.05, 0.1) is 57.2 Å². The Morgan fingerprint density at radius 1 is 0.771 bits per heavy atom. The molecular formula is C66H74F2N7O17S4+. The number of anilines is 1. The topological polar surface area (TPSA) is 357 Å². The molecule has 3 aliphatic heterocycles. The van der Waals surface area contributed by atoms with Gasteiger partial charge in [-0.1, -0.05) is 32.1 Å². The van der Waals surface area contributed by atoms with Crippen LogP contribution in [0.15, 0.2) is 153 Å². The van der Waals surface area contributed by atoms with Crippen molar-refractivity contribution in [3.63, 3.8) is 0 Å². The van der Waals surface area contributed by atoms with Crippen molar-refractivity contribution in [2.45, 2.75) is 136 Å². The quantitative estimate of drug-likeness (QED) is 0.0162. The van der Waals surface area contributed by atoms with Crippen LogP contribution in [0.4, 0.5) is 20.2 Å². The molecule has 0 saturated carbocycles. The lowest BCUT2D eigenvalue weighted by molar-refractivity contribution is -0.438. The number of halogens is 2. The normalized spacial score (nSPS) is 18.5. The van der Waals surface area contributed by atoms with Gasteiger partial charge in [-0.05, 0) is 161 Å². The van der Waals surface area contributed by atoms with Crippen molar-refractivity contribution in [3.8, 4) is 17.6 Å². The lowest BCUT2D eigenvalue weighted by Gasteiger charge is -2.27. The summed E-state index contributed by atoms with van der Waals surface area (Å²) in [5.41, 5.74) is 4.09. The van der Waals surface area contributed by atoms with E-state index in [1.165, 1.54) is 60.8 Å². The fourth-order valence-electron chi connectivity index (χ4n) is 12.5. The monoisotopic (exact) mass is 1400 g/mol. The number of unbranched alkanes of at least 4 members (excludes halogenated alkanes) is 3. The van der Waals surface area contributed by atoms with E-state index in [1.807, 2.05) is 56.9 Å². The van der Waals surface area contributed by atoms with E-state index in [1.54, 1.807) is 36.4 Å². The van der Waals surface area contributed by atoms with Crippen LogP contribution in [0.2, 0.25) is 0 Å². The minimum Gasteiger partial charge on any atom is -0.491 e. The molecule has 4 heterocycles. The van der Waals surface area contributed by atoms with E-state index in [-0.39, 0.29) is 64.4 Å². The summed E-state index contributed by atoms with van der Waals surface area (Å²) in [6, 6.07) is 20.6. The number of alkyl halides is 2. The summed E-state index contributed by atoms with van der Waals surface area (Å²) < 4.78 is 179. The second kappa shape index (κ2) is 28.8. The van der Waals surface area contributed by atoms with Crippen molar-refractivity contribution < 1.29 is 89.1 Å². The largest absolute Gasteiger partial charge is 0.491 e. The van der Waals surface area contributed by atoms with E-state index in [2.05, 4.69) is 20.2 Å². The second-order valence-electron chi connectivity index (χ2n) is 24.9. The standard InChI is InChI=1S/C66H73F2N7O17S4/c1-64(2)52-37-48(95(85,86)87)24-26-54(52)73(33-7-5-6-17-59(76)70-31-12-35-91-56-16-11-15-50-51(30-32-71-61(50)56)63(78)72-41-60(77)75-42-66(67,68)39-45(75)40-69)57(64)28-18-43-13-10-14-44(62(43)92-46-20-22-47(23-21-46)94(82,83)84)19-29-58-65(3,4)53-38-49(96(88,89)90)25-27-55(53)74(58)34-8-9-36-93(79,80)81/h11,15-16,18-30,32,37-38,45H,5-10,12-14,17,31,33-36,39,41-42H2,1-4H3,(H5-,70,72,76,78,79,80,81,82,83,84,85,86,87,88,89,90)/p+1/t45-/m0/s1. The third kappa shape index (κ3) is 16.9. The van der Waals surface area contributed by atoms with Gasteiger partial charge in [0.2, 0.25) is 17.5 Å². The zero-order chi connectivity index (χ0) is 69.8. The van der Waals surface area contributed by atoms with Crippen molar-refractivity contribution in [3.05, 3.63) is 155 Å². The number of hydrogen-bond acceptors (Lipinski definition) is 16. The highest BCUT2D eigenvalue weighted by molar-refractivity contribution is 7.86. The Labute approximate surface area is 556 Å². The molecule has 1 fully saturated rings. The summed E-state index contributed by atoms with van der Waals surface area (Å²) in [7, 11) is -18.0. The van der Waals surface area contributed by atoms with E-state index in [4.69, 9.17) is 9.47 Å². The van der Waals surface area contributed by atoms with E-state index in [9.17, 15) is 80.3 Å². The number of benzene rings is 4. The number of pyridine rings is 1. The van der Waals surface area contributed by atoms with Crippen molar-refractivity contribution in [1.29, 1.82) is 5.26 Å². The highest BCUT2D eigenvalue weighted by Crippen LogP contribution is 2.49. The molecule has 9 rings (SSSR count). The molecule has 1 aromatic heterocycles. The van der Waals surface area contributed by atoms with Crippen LogP contribution in [0.25, 0.3) is 10.9 Å². The van der Waals surface area contributed by atoms with Gasteiger partial charge in [-0.3, -0.25) is 37.6 Å². The van der Waals surface area contributed by atoms with E-state index < -0.39 is 100 Å². The van der Waals surface area contributed by atoms with Gasteiger partial charge in [0.1, 0.15) is 35.4 Å². The lowest BCUT2D eigenvalue weighted by Crippen LogP contribution is -2.43. The first kappa shape index (κ1) is 72.0. The summed E-state index contributed by atoms with van der Waals surface area (Å²) in [5, 5.41) is 15.1. The van der Waals surface area contributed by atoms with Crippen molar-refractivity contribution in [2.75, 3.05) is 50.0 Å². The number of allylic oxidation sites excluding steroid dienone is 7. The third-order valence-corrected chi connectivity index (χ3v) is 20.7. The minimum absolute atomic E-state index is 0.112. The first-order valence-corrected chi connectivity index (χ1v) is 36.8. The highest BCUT2D eigenvalue weighted by Gasteiger charge is 2.48. The zero-order valence-corrected chi connectivity index (χ0v) is 56.3. The predicted octanol–water partition coefficient (Wildman–Crippen LogP) is 9.34. The first-order chi connectivity index (χ1) is 45.1. The molecule has 4 aliphatic rings. The van der Waals surface area contributed by atoms with Gasteiger partial charge in [-0.2, -0.15) is 43.5 Å². The highest BCUT2D eigenvalue weighted by atomic mass is 32.2. The molecule has 4 aromatic carbocycles. The van der Waals surface area contributed by atoms with Crippen LogP contribution in [0.3, 0.4) is 0 Å². The molecule has 0 unspecified atom stereocenters. The summed E-state index contributed by atoms with van der Waals surface area (Å²) in [6.07, 6.45) is 12.5. The van der Waals surface area contributed by atoms with Crippen LogP contribution in [0, 0.1) is 11.3 Å². The summed E-state index contributed by atoms with van der Waals surface area (Å²) in [5.74, 6) is -4.37. The lowest BCUT2D eigenvalue weighted by atomic mass is 9.81. The molecule has 3 amide bonds. The third-order valence-electron chi connectivity index (χ3n) is 17.4. The van der Waals surface area contributed by atoms with E-state index in [0.717, 1.165) is 10.6 Å². The maximum absolute atomic E-state index is 13.9. The van der Waals surface area contributed by atoms with Crippen LogP contribution in [-0.2, 0) is 60.9 Å². The van der Waals surface area contributed by atoms with Crippen LogP contribution in [0.1, 0.15) is 120 Å². The summed E-state index contributed by atoms with van der Waals surface area (Å²) in [6.45, 7) is 7.22. The van der Waals surface area contributed by atoms with Gasteiger partial charge in [0.25, 0.3) is 52.3 Å². The van der Waals surface area contributed by atoms with Crippen molar-refractivity contribution in [1.82, 2.24) is 20.5 Å². The number of para-hydroxylation sites is 1. The first-order valence-electron chi connectivity index (χ1n) is 30.9. The predicted molar refractivity (Wildman–Crippen MR) is 351 cm³/mol. The van der Waals surface area contributed by atoms with Crippen molar-refractivity contribution in [2.24, 2.45) is 0 Å². The van der Waals surface area contributed by atoms with Crippen LogP contribution in [-0.4, -0.2) is 147 Å². The number of amides is 3. The number of fused-ring (bicyclic) bond motifs is 3. The van der Waals surface area contributed by atoms with E-state index >= 15 is 0 Å². The molecule has 6 N–H and O–H groups in total. The number of nitriles is 1. The Hall–Kier alpha value is -8.28. The van der Waals surface area contributed by atoms with Crippen molar-refractivity contribution >= 4 is 86.2 Å². The molecule has 96 heavy (non-hydrogen) atoms. The molecule has 1 aliphatic carbocycles. The van der Waals surface area contributed by atoms with Crippen LogP contribution in [0.5, 0.6) is 11.5 Å². The number of nitrogens with one attached hydrogen (secondary N) is 2. The van der Waals surface area contributed by atoms with Gasteiger partial charge in [-0.15, -0.1) is 0 Å². The number of hydrogen-bond donors (Lipinski definition) is 6. The number of carbonyl (C=O) groups is 3. The average Bonchev–Trinajstić information content (AvgIpc) is 1.59. The Balaban J connectivity index is 0.901. The maximum atomic E-state index is 13.9. The molecule has 5 aromatic rings. The van der Waals surface area contributed by atoms with E-state index in [0.29, 0.717) is 120 Å². The Kier molecular flexibility index (Phi) is 21.6. The molecule has 0 bridgehead atoms. The van der Waals surface area contributed by atoms with Gasteiger partial charge in [0.15, 0.2) is 5.71 Å². The smallest absolute Gasteiger partial charge is 0.294 e. The van der Waals surface area contributed by atoms with Gasteiger partial charge < -0.3 is 29.9 Å². The van der Waals surface area contributed by atoms with Crippen LogP contribution < -0.4 is 25.0 Å². The SMILES string of the molecule is CC1(C)C(=CC=C2CCCC(C=CC3=[N+](CCCCCC(=O)NCCCOc4cccc5c(C(=O)NCC(=O)N6CC(F)(F)C[C@H]6C#N)ccnc45)c4ccc(S(=O)(=O)O)cc4C3(C)C)=C2Oc2ccc(S(=O)(=O)O)cc2)N(CCCCS(=O)(=O)O)c2ccc(S(=O)(=O)O)cc21. The average molecular weight is 1400 g/mol. The molecule has 0 spiro atoms. The number of ether oxygens (including phenoxy) is 2. The Bertz CT molecular complexity index is 4580. The molecule has 512 valence electrons. The summed E-state index contributed by atoms with van der Waals surface area (Å²) >= 11 is 0. The Morgan fingerprint density at radius 2 is 1.46 bits per heavy atom. The number of nitrogens with zero attached hydrogens (tertiary/aromatic N) is 5. The molecule has 0 radical (unpaired) electrons. The molecule has 1 atom stereocenters. The van der Waals surface area contributed by atoms with Gasteiger partial charge in [-0.25, -0.2) is 8.78 Å². The summed E-state index contributed by atoms with van der Waals surface area (Å²) in [4.78, 5) is 45.2.